The van der Waals surface area contributed by atoms with Gasteiger partial charge in [0.25, 0.3) is 0 Å². The predicted octanol–water partition coefficient (Wildman–Crippen LogP) is 1.39. The van der Waals surface area contributed by atoms with E-state index in [2.05, 4.69) is 25.8 Å². The van der Waals surface area contributed by atoms with Crippen molar-refractivity contribution < 1.29 is 4.74 Å². The molecule has 0 radical (unpaired) electrons. The first kappa shape index (κ1) is 17.7. The summed E-state index contributed by atoms with van der Waals surface area (Å²) in [6, 6.07) is 0. The second kappa shape index (κ2) is 8.29. The first-order valence-corrected chi connectivity index (χ1v) is 8.38. The molecule has 2 rings (SSSR count). The summed E-state index contributed by atoms with van der Waals surface area (Å²) in [4.78, 5) is 4.32. The molecule has 0 spiro atoms. The molecule has 1 saturated carbocycles. The molecule has 0 aromatic carbocycles. The van der Waals surface area contributed by atoms with Crippen LogP contribution in [0, 0.1) is 12.3 Å². The van der Waals surface area contributed by atoms with Crippen LogP contribution in [0.25, 0.3) is 0 Å². The molecule has 0 aliphatic heterocycles. The third-order valence-corrected chi connectivity index (χ3v) is 4.95. The SMILES string of the molecule is CN=C(NCc1nnc(C)n1C)NCC1(CCOC)CCCC1. The number of guanidine groups is 1. The minimum absolute atomic E-state index is 0.342. The number of methoxy groups -OCH3 is 1. The lowest BCUT2D eigenvalue weighted by atomic mass is 9.83. The van der Waals surface area contributed by atoms with Gasteiger partial charge in [-0.15, -0.1) is 10.2 Å². The molecular weight excluding hydrogens is 292 g/mol. The highest BCUT2D eigenvalue weighted by Crippen LogP contribution is 2.40. The summed E-state index contributed by atoms with van der Waals surface area (Å²) in [6.07, 6.45) is 6.27. The normalized spacial score (nSPS) is 17.5. The summed E-state index contributed by atoms with van der Waals surface area (Å²) < 4.78 is 7.27. The fourth-order valence-electron chi connectivity index (χ4n) is 3.22. The van der Waals surface area contributed by atoms with E-state index in [1.54, 1.807) is 14.2 Å². The van der Waals surface area contributed by atoms with Gasteiger partial charge in [0.05, 0.1) is 6.54 Å². The third kappa shape index (κ3) is 4.67. The van der Waals surface area contributed by atoms with E-state index in [0.717, 1.165) is 37.2 Å². The Morgan fingerprint density at radius 2 is 2.04 bits per heavy atom. The van der Waals surface area contributed by atoms with Crippen LogP contribution >= 0.6 is 0 Å². The number of rotatable bonds is 7. The van der Waals surface area contributed by atoms with Crippen LogP contribution in [0.5, 0.6) is 0 Å². The van der Waals surface area contributed by atoms with Crippen molar-refractivity contribution in [3.63, 3.8) is 0 Å². The van der Waals surface area contributed by atoms with E-state index in [1.807, 2.05) is 18.5 Å². The molecule has 1 heterocycles. The topological polar surface area (TPSA) is 76.4 Å². The van der Waals surface area contributed by atoms with Gasteiger partial charge in [0, 0.05) is 34.4 Å². The first-order valence-electron chi connectivity index (χ1n) is 8.38. The lowest BCUT2D eigenvalue weighted by molar-refractivity contribution is 0.138. The van der Waals surface area contributed by atoms with Gasteiger partial charge in [0.15, 0.2) is 11.8 Å². The minimum atomic E-state index is 0.342. The van der Waals surface area contributed by atoms with Crippen LogP contribution in [0.15, 0.2) is 4.99 Å². The van der Waals surface area contributed by atoms with Crippen LogP contribution in [-0.2, 0) is 18.3 Å². The van der Waals surface area contributed by atoms with E-state index >= 15 is 0 Å². The van der Waals surface area contributed by atoms with Crippen molar-refractivity contribution in [3.05, 3.63) is 11.6 Å². The molecule has 0 saturated heterocycles. The molecule has 0 bridgehead atoms. The van der Waals surface area contributed by atoms with Gasteiger partial charge in [-0.2, -0.15) is 0 Å². The Kier molecular flexibility index (Phi) is 6.38. The maximum Gasteiger partial charge on any atom is 0.191 e. The Balaban J connectivity index is 1.85. The third-order valence-electron chi connectivity index (χ3n) is 4.95. The zero-order valence-electron chi connectivity index (χ0n) is 14.9. The molecule has 0 atom stereocenters. The molecule has 1 aliphatic carbocycles. The van der Waals surface area contributed by atoms with Gasteiger partial charge in [-0.05, 0) is 31.6 Å². The maximum atomic E-state index is 5.29. The summed E-state index contributed by atoms with van der Waals surface area (Å²) in [5, 5.41) is 15.0. The molecule has 1 fully saturated rings. The number of nitrogens with zero attached hydrogens (tertiary/aromatic N) is 4. The molecule has 23 heavy (non-hydrogen) atoms. The van der Waals surface area contributed by atoms with E-state index in [4.69, 9.17) is 4.74 Å². The quantitative estimate of drug-likeness (QED) is 0.586. The Hall–Kier alpha value is -1.63. The Morgan fingerprint density at radius 3 is 2.61 bits per heavy atom. The number of aliphatic imine (C=N–C) groups is 1. The number of hydrogen-bond acceptors (Lipinski definition) is 4. The summed E-state index contributed by atoms with van der Waals surface area (Å²) in [7, 11) is 5.55. The number of aromatic nitrogens is 3. The lowest BCUT2D eigenvalue weighted by Crippen LogP contribution is -2.43. The van der Waals surface area contributed by atoms with E-state index < -0.39 is 0 Å². The van der Waals surface area contributed by atoms with E-state index in [-0.39, 0.29) is 0 Å². The largest absolute Gasteiger partial charge is 0.385 e. The van der Waals surface area contributed by atoms with E-state index in [1.165, 1.54) is 25.7 Å². The zero-order chi connectivity index (χ0) is 16.7. The van der Waals surface area contributed by atoms with Crippen molar-refractivity contribution in [1.29, 1.82) is 0 Å². The number of ether oxygens (including phenoxy) is 1. The number of aryl methyl sites for hydroxylation is 1. The second-order valence-electron chi connectivity index (χ2n) is 6.45. The molecule has 7 nitrogen and oxygen atoms in total. The summed E-state index contributed by atoms with van der Waals surface area (Å²) in [6.45, 7) is 4.32. The molecule has 1 aromatic heterocycles. The molecular formula is C16H30N6O. The van der Waals surface area contributed by atoms with Crippen LogP contribution in [0.1, 0.15) is 43.8 Å². The fourth-order valence-corrected chi connectivity index (χ4v) is 3.22. The van der Waals surface area contributed by atoms with Crippen molar-refractivity contribution in [2.24, 2.45) is 17.5 Å². The van der Waals surface area contributed by atoms with Gasteiger partial charge in [0.2, 0.25) is 0 Å². The van der Waals surface area contributed by atoms with Gasteiger partial charge in [-0.1, -0.05) is 12.8 Å². The number of hydrogen-bond donors (Lipinski definition) is 2. The van der Waals surface area contributed by atoms with Crippen molar-refractivity contribution in [2.75, 3.05) is 27.3 Å². The second-order valence-corrected chi connectivity index (χ2v) is 6.45. The molecule has 0 amide bonds. The van der Waals surface area contributed by atoms with Crippen LogP contribution in [0.3, 0.4) is 0 Å². The zero-order valence-corrected chi connectivity index (χ0v) is 14.9. The summed E-state index contributed by atoms with van der Waals surface area (Å²) in [5.41, 5.74) is 0.342. The summed E-state index contributed by atoms with van der Waals surface area (Å²) >= 11 is 0. The average Bonchev–Trinajstić information content (AvgIpc) is 3.15. The molecule has 7 heteroatoms. The van der Waals surface area contributed by atoms with E-state index in [9.17, 15) is 0 Å². The lowest BCUT2D eigenvalue weighted by Gasteiger charge is -2.29. The van der Waals surface area contributed by atoms with Crippen molar-refractivity contribution in [2.45, 2.75) is 45.6 Å². The minimum Gasteiger partial charge on any atom is -0.385 e. The van der Waals surface area contributed by atoms with Gasteiger partial charge in [-0.25, -0.2) is 0 Å². The monoisotopic (exact) mass is 322 g/mol. The van der Waals surface area contributed by atoms with Crippen LogP contribution < -0.4 is 10.6 Å². The average molecular weight is 322 g/mol. The first-order chi connectivity index (χ1) is 11.1. The van der Waals surface area contributed by atoms with Gasteiger partial charge in [-0.3, -0.25) is 4.99 Å². The smallest absolute Gasteiger partial charge is 0.191 e. The highest BCUT2D eigenvalue weighted by molar-refractivity contribution is 5.79. The molecule has 130 valence electrons. The Bertz CT molecular complexity index is 519. The van der Waals surface area contributed by atoms with Crippen molar-refractivity contribution in [3.8, 4) is 0 Å². The Morgan fingerprint density at radius 1 is 1.30 bits per heavy atom. The molecule has 0 unspecified atom stereocenters. The maximum absolute atomic E-state index is 5.29. The van der Waals surface area contributed by atoms with Crippen LogP contribution in [0.2, 0.25) is 0 Å². The fraction of sp³-hybridized carbons (Fsp3) is 0.812. The highest BCUT2D eigenvalue weighted by Gasteiger charge is 2.33. The van der Waals surface area contributed by atoms with E-state index in [0.29, 0.717) is 12.0 Å². The van der Waals surface area contributed by atoms with Crippen molar-refractivity contribution >= 4 is 5.96 Å². The van der Waals surface area contributed by atoms with Gasteiger partial charge < -0.3 is 19.9 Å². The van der Waals surface area contributed by atoms with Gasteiger partial charge in [0.1, 0.15) is 5.82 Å². The Labute approximate surface area is 138 Å². The number of nitrogens with one attached hydrogen (secondary N) is 2. The van der Waals surface area contributed by atoms with Crippen LogP contribution in [-0.4, -0.2) is 48.0 Å². The highest BCUT2D eigenvalue weighted by atomic mass is 16.5. The standard InChI is InChI=1S/C16H30N6O/c1-13-20-21-14(22(13)3)11-18-15(17-2)19-12-16(9-10-23-4)7-5-6-8-16/h5-12H2,1-4H3,(H2,17,18,19). The molecule has 1 aliphatic rings. The van der Waals surface area contributed by atoms with Crippen LogP contribution in [0.4, 0.5) is 0 Å². The molecule has 2 N–H and O–H groups in total. The summed E-state index contributed by atoms with van der Waals surface area (Å²) in [5.74, 6) is 2.63. The predicted molar refractivity (Wildman–Crippen MR) is 91.3 cm³/mol. The van der Waals surface area contributed by atoms with Gasteiger partial charge >= 0.3 is 0 Å². The molecule has 1 aromatic rings. The van der Waals surface area contributed by atoms with Crippen molar-refractivity contribution in [1.82, 2.24) is 25.4 Å².